The zero-order valence-corrected chi connectivity index (χ0v) is 7.93. The second kappa shape index (κ2) is 4.37. The second-order valence-electron chi connectivity index (χ2n) is 3.23. The Bertz CT molecular complexity index is 302. The van der Waals surface area contributed by atoms with E-state index in [1.165, 1.54) is 19.2 Å². The summed E-state index contributed by atoms with van der Waals surface area (Å²) in [4.78, 5) is 0. The Labute approximate surface area is 81.6 Å². The molecule has 0 aliphatic heterocycles. The van der Waals surface area contributed by atoms with Crippen molar-refractivity contribution in [1.29, 1.82) is 0 Å². The van der Waals surface area contributed by atoms with Crippen LogP contribution in [0.25, 0.3) is 0 Å². The van der Waals surface area contributed by atoms with Crippen LogP contribution in [0, 0.1) is 0 Å². The molecule has 0 bridgehead atoms. The van der Waals surface area contributed by atoms with E-state index in [4.69, 9.17) is 5.11 Å². The van der Waals surface area contributed by atoms with E-state index in [-0.39, 0.29) is 18.7 Å². The van der Waals surface area contributed by atoms with Crippen LogP contribution in [0.3, 0.4) is 0 Å². The van der Waals surface area contributed by atoms with Crippen molar-refractivity contribution >= 4 is 0 Å². The Morgan fingerprint density at radius 1 is 1.43 bits per heavy atom. The summed E-state index contributed by atoms with van der Waals surface area (Å²) in [6.07, 6.45) is -0.359. The van der Waals surface area contributed by atoms with Gasteiger partial charge in [0.25, 0.3) is 5.92 Å². The van der Waals surface area contributed by atoms with Crippen molar-refractivity contribution in [2.24, 2.45) is 0 Å². The normalized spacial score (nSPS) is 11.6. The van der Waals surface area contributed by atoms with Gasteiger partial charge in [0, 0.05) is 6.42 Å². The molecule has 14 heavy (non-hydrogen) atoms. The lowest BCUT2D eigenvalue weighted by atomic mass is 10.1. The van der Waals surface area contributed by atoms with Gasteiger partial charge in [-0.3, -0.25) is 0 Å². The Kier molecular flexibility index (Phi) is 3.41. The molecule has 0 fully saturated rings. The van der Waals surface area contributed by atoms with Crippen molar-refractivity contribution in [1.82, 2.24) is 5.32 Å². The van der Waals surface area contributed by atoms with Gasteiger partial charge in [-0.25, -0.2) is 8.78 Å². The maximum absolute atomic E-state index is 13.1. The standard InChI is InChI=1S/C10H13F2NO/c1-13-7-10(11,12)6-8-3-2-4-9(14)5-8/h2-5,13-14H,6-7H2,1H3. The molecule has 0 saturated heterocycles. The molecule has 0 unspecified atom stereocenters. The van der Waals surface area contributed by atoms with E-state index < -0.39 is 5.92 Å². The van der Waals surface area contributed by atoms with E-state index in [2.05, 4.69) is 5.32 Å². The summed E-state index contributed by atoms with van der Waals surface area (Å²) in [6, 6.07) is 5.94. The molecular weight excluding hydrogens is 188 g/mol. The van der Waals surface area contributed by atoms with Gasteiger partial charge in [0.1, 0.15) is 5.75 Å². The highest BCUT2D eigenvalue weighted by atomic mass is 19.3. The topological polar surface area (TPSA) is 32.3 Å². The molecule has 1 aromatic carbocycles. The van der Waals surface area contributed by atoms with E-state index in [9.17, 15) is 8.78 Å². The van der Waals surface area contributed by atoms with Crippen LogP contribution in [0.4, 0.5) is 8.78 Å². The SMILES string of the molecule is CNCC(F)(F)Cc1cccc(O)c1. The predicted octanol–water partition coefficient (Wildman–Crippen LogP) is 1.79. The average molecular weight is 201 g/mol. The van der Waals surface area contributed by atoms with E-state index >= 15 is 0 Å². The van der Waals surface area contributed by atoms with Gasteiger partial charge < -0.3 is 10.4 Å². The highest BCUT2D eigenvalue weighted by molar-refractivity contribution is 5.27. The molecule has 0 radical (unpaired) electrons. The second-order valence-corrected chi connectivity index (χ2v) is 3.23. The van der Waals surface area contributed by atoms with E-state index in [1.54, 1.807) is 12.1 Å². The largest absolute Gasteiger partial charge is 0.508 e. The van der Waals surface area contributed by atoms with Crippen LogP contribution in [-0.2, 0) is 6.42 Å². The Morgan fingerprint density at radius 3 is 2.71 bits per heavy atom. The Morgan fingerprint density at radius 2 is 2.14 bits per heavy atom. The minimum Gasteiger partial charge on any atom is -0.508 e. The van der Waals surface area contributed by atoms with Crippen LogP contribution in [0.1, 0.15) is 5.56 Å². The highest BCUT2D eigenvalue weighted by Gasteiger charge is 2.27. The molecule has 4 heteroatoms. The molecular formula is C10H13F2NO. The number of phenolic OH excluding ortho intramolecular Hbond substituents is 1. The Hall–Kier alpha value is -1.16. The molecule has 0 saturated carbocycles. The minimum absolute atomic E-state index is 0.0164. The fraction of sp³-hybridized carbons (Fsp3) is 0.400. The number of phenols is 1. The van der Waals surface area contributed by atoms with E-state index in [1.807, 2.05) is 0 Å². The number of nitrogens with one attached hydrogen (secondary N) is 1. The third kappa shape index (κ3) is 3.30. The van der Waals surface area contributed by atoms with Crippen molar-refractivity contribution < 1.29 is 13.9 Å². The third-order valence-electron chi connectivity index (χ3n) is 1.81. The fourth-order valence-corrected chi connectivity index (χ4v) is 1.29. The number of hydrogen-bond acceptors (Lipinski definition) is 2. The quantitative estimate of drug-likeness (QED) is 0.778. The van der Waals surface area contributed by atoms with Crippen LogP contribution in [0.15, 0.2) is 24.3 Å². The molecule has 0 heterocycles. The fourth-order valence-electron chi connectivity index (χ4n) is 1.29. The van der Waals surface area contributed by atoms with Gasteiger partial charge >= 0.3 is 0 Å². The molecule has 0 atom stereocenters. The highest BCUT2D eigenvalue weighted by Crippen LogP contribution is 2.21. The van der Waals surface area contributed by atoms with Crippen LogP contribution in [0.2, 0.25) is 0 Å². The molecule has 0 amide bonds. The van der Waals surface area contributed by atoms with Gasteiger partial charge in [-0.15, -0.1) is 0 Å². The van der Waals surface area contributed by atoms with Crippen LogP contribution in [-0.4, -0.2) is 24.6 Å². The Balaban J connectivity index is 2.68. The first-order valence-electron chi connectivity index (χ1n) is 4.34. The lowest BCUT2D eigenvalue weighted by molar-refractivity contribution is 0.00448. The summed E-state index contributed by atoms with van der Waals surface area (Å²) in [5.74, 6) is -2.76. The van der Waals surface area contributed by atoms with Gasteiger partial charge in [0.05, 0.1) is 6.54 Å². The summed E-state index contributed by atoms with van der Waals surface area (Å²) in [5, 5.41) is 11.5. The monoisotopic (exact) mass is 201 g/mol. The van der Waals surface area contributed by atoms with Crippen molar-refractivity contribution in [3.05, 3.63) is 29.8 Å². The number of rotatable bonds is 4. The first kappa shape index (κ1) is 10.9. The van der Waals surface area contributed by atoms with Crippen LogP contribution < -0.4 is 5.32 Å². The molecule has 2 N–H and O–H groups in total. The predicted molar refractivity (Wildman–Crippen MR) is 50.7 cm³/mol. The van der Waals surface area contributed by atoms with Gasteiger partial charge in [0.15, 0.2) is 0 Å². The molecule has 0 aliphatic rings. The lowest BCUT2D eigenvalue weighted by Gasteiger charge is -2.15. The summed E-state index contributed by atoms with van der Waals surface area (Å²) in [7, 11) is 1.48. The third-order valence-corrected chi connectivity index (χ3v) is 1.81. The summed E-state index contributed by atoms with van der Waals surface area (Å²) in [6.45, 7) is -0.358. The molecule has 0 spiro atoms. The maximum atomic E-state index is 13.1. The lowest BCUT2D eigenvalue weighted by Crippen LogP contribution is -2.32. The maximum Gasteiger partial charge on any atom is 0.264 e. The summed E-state index contributed by atoms with van der Waals surface area (Å²) >= 11 is 0. The molecule has 78 valence electrons. The van der Waals surface area contributed by atoms with Gasteiger partial charge in [-0.2, -0.15) is 0 Å². The minimum atomic E-state index is -2.78. The van der Waals surface area contributed by atoms with Crippen molar-refractivity contribution in [2.75, 3.05) is 13.6 Å². The van der Waals surface area contributed by atoms with Gasteiger partial charge in [-0.1, -0.05) is 12.1 Å². The van der Waals surface area contributed by atoms with Crippen LogP contribution >= 0.6 is 0 Å². The first-order chi connectivity index (χ1) is 6.53. The molecule has 0 aliphatic carbocycles. The number of alkyl halides is 2. The van der Waals surface area contributed by atoms with E-state index in [0.29, 0.717) is 5.56 Å². The smallest absolute Gasteiger partial charge is 0.264 e. The summed E-state index contributed by atoms with van der Waals surface area (Å²) in [5.41, 5.74) is 0.435. The average Bonchev–Trinajstić information content (AvgIpc) is 2.02. The number of benzene rings is 1. The van der Waals surface area contributed by atoms with Crippen molar-refractivity contribution in [2.45, 2.75) is 12.3 Å². The zero-order valence-electron chi connectivity index (χ0n) is 7.93. The molecule has 2 nitrogen and oxygen atoms in total. The first-order valence-corrected chi connectivity index (χ1v) is 4.34. The number of hydrogen-bond donors (Lipinski definition) is 2. The zero-order chi connectivity index (χ0) is 10.6. The van der Waals surface area contributed by atoms with Gasteiger partial charge in [0.2, 0.25) is 0 Å². The van der Waals surface area contributed by atoms with Crippen molar-refractivity contribution in [3.63, 3.8) is 0 Å². The van der Waals surface area contributed by atoms with Crippen LogP contribution in [0.5, 0.6) is 5.75 Å². The molecule has 1 aromatic rings. The van der Waals surface area contributed by atoms with Crippen molar-refractivity contribution in [3.8, 4) is 5.75 Å². The summed E-state index contributed by atoms with van der Waals surface area (Å²) < 4.78 is 26.2. The number of aromatic hydroxyl groups is 1. The van der Waals surface area contributed by atoms with E-state index in [0.717, 1.165) is 0 Å². The molecule has 1 rings (SSSR count). The van der Waals surface area contributed by atoms with Gasteiger partial charge in [-0.05, 0) is 24.7 Å². The molecule has 0 aromatic heterocycles. The number of halogens is 2.